The number of Topliss-reactive ketones (excluding diaryl/α,β-unsaturated/α-hetero) is 1. The first kappa shape index (κ1) is 13.2. The number of aromatic nitrogens is 1. The van der Waals surface area contributed by atoms with Crippen molar-refractivity contribution in [2.45, 2.75) is 39.8 Å². The number of nitrogens with zero attached hydrogens (tertiary/aromatic N) is 1. The molecule has 0 radical (unpaired) electrons. The van der Waals surface area contributed by atoms with Crippen LogP contribution in [0.3, 0.4) is 0 Å². The summed E-state index contributed by atoms with van der Waals surface area (Å²) in [6, 6.07) is 0. The quantitative estimate of drug-likeness (QED) is 0.816. The van der Waals surface area contributed by atoms with E-state index in [0.29, 0.717) is 0 Å². The van der Waals surface area contributed by atoms with Gasteiger partial charge in [0.15, 0.2) is 5.78 Å². The Bertz CT molecular complexity index is 417. The minimum Gasteiger partial charge on any atom is -0.446 e. The Morgan fingerprint density at radius 1 is 1.47 bits per heavy atom. The van der Waals surface area contributed by atoms with Crippen molar-refractivity contribution in [3.05, 3.63) is 17.8 Å². The van der Waals surface area contributed by atoms with Crippen LogP contribution in [0.4, 0.5) is 4.79 Å². The van der Waals surface area contributed by atoms with Crippen LogP contribution in [0.15, 0.2) is 10.7 Å². The predicted octanol–water partition coefficient (Wildman–Crippen LogP) is 1.90. The van der Waals surface area contributed by atoms with Crippen LogP contribution in [-0.4, -0.2) is 22.5 Å². The number of hydrogen-bond acceptors (Lipinski definition) is 5. The third kappa shape index (κ3) is 4.67. The Hall–Kier alpha value is -1.85. The Labute approximate surface area is 99.4 Å². The average Bonchev–Trinajstić information content (AvgIpc) is 2.60. The van der Waals surface area contributed by atoms with Gasteiger partial charge in [0.1, 0.15) is 17.6 Å². The zero-order valence-corrected chi connectivity index (χ0v) is 10.4. The van der Waals surface area contributed by atoms with E-state index in [0.717, 1.165) is 0 Å². The van der Waals surface area contributed by atoms with E-state index in [4.69, 9.17) is 9.15 Å². The smallest absolute Gasteiger partial charge is 0.408 e. The molecule has 1 amide bonds. The SMILES string of the molecule is CC(=O)c1coc(CNC(=O)OC(C)(C)C)n1. The average molecular weight is 240 g/mol. The predicted molar refractivity (Wildman–Crippen MR) is 59.6 cm³/mol. The third-order valence-electron chi connectivity index (χ3n) is 1.70. The second-order valence-corrected chi connectivity index (χ2v) is 4.54. The Morgan fingerprint density at radius 3 is 2.59 bits per heavy atom. The summed E-state index contributed by atoms with van der Waals surface area (Å²) < 4.78 is 10.0. The Morgan fingerprint density at radius 2 is 2.12 bits per heavy atom. The molecule has 0 fully saturated rings. The van der Waals surface area contributed by atoms with Gasteiger partial charge >= 0.3 is 6.09 Å². The molecule has 6 heteroatoms. The lowest BCUT2D eigenvalue weighted by Gasteiger charge is -2.19. The molecule has 1 aromatic rings. The highest BCUT2D eigenvalue weighted by Crippen LogP contribution is 2.07. The molecule has 0 saturated heterocycles. The van der Waals surface area contributed by atoms with E-state index in [2.05, 4.69) is 10.3 Å². The van der Waals surface area contributed by atoms with E-state index >= 15 is 0 Å². The van der Waals surface area contributed by atoms with E-state index in [1.807, 2.05) is 0 Å². The highest BCUT2D eigenvalue weighted by atomic mass is 16.6. The van der Waals surface area contributed by atoms with Gasteiger partial charge in [-0.15, -0.1) is 0 Å². The van der Waals surface area contributed by atoms with Gasteiger partial charge < -0.3 is 14.5 Å². The monoisotopic (exact) mass is 240 g/mol. The van der Waals surface area contributed by atoms with Crippen molar-refractivity contribution in [1.82, 2.24) is 10.3 Å². The molecule has 0 atom stereocenters. The molecule has 1 heterocycles. The summed E-state index contributed by atoms with van der Waals surface area (Å²) in [5, 5.41) is 2.48. The van der Waals surface area contributed by atoms with E-state index in [9.17, 15) is 9.59 Å². The van der Waals surface area contributed by atoms with Crippen LogP contribution in [0.1, 0.15) is 44.1 Å². The number of carbonyl (C=O) groups excluding carboxylic acids is 2. The molecule has 0 unspecified atom stereocenters. The molecule has 0 aliphatic rings. The summed E-state index contributed by atoms with van der Waals surface area (Å²) in [6.45, 7) is 6.79. The summed E-state index contributed by atoms with van der Waals surface area (Å²) in [5.74, 6) is 0.0818. The number of rotatable bonds is 3. The fourth-order valence-corrected chi connectivity index (χ4v) is 1.02. The number of hydrogen-bond donors (Lipinski definition) is 1. The lowest BCUT2D eigenvalue weighted by Crippen LogP contribution is -2.32. The standard InChI is InChI=1S/C11H16N2O4/c1-7(14)8-6-16-9(13-8)5-12-10(15)17-11(2,3)4/h6H,5H2,1-4H3,(H,12,15). The highest BCUT2D eigenvalue weighted by molar-refractivity contribution is 5.91. The molecule has 0 aliphatic carbocycles. The Kier molecular flexibility index (Phi) is 3.88. The van der Waals surface area contributed by atoms with E-state index in [1.54, 1.807) is 20.8 Å². The topological polar surface area (TPSA) is 81.4 Å². The molecule has 0 spiro atoms. The lowest BCUT2D eigenvalue weighted by atomic mass is 10.2. The molecule has 6 nitrogen and oxygen atoms in total. The second-order valence-electron chi connectivity index (χ2n) is 4.54. The Balaban J connectivity index is 2.45. The lowest BCUT2D eigenvalue weighted by molar-refractivity contribution is 0.0519. The molecule has 1 aromatic heterocycles. The van der Waals surface area contributed by atoms with Gasteiger partial charge in [0, 0.05) is 6.92 Å². The summed E-state index contributed by atoms with van der Waals surface area (Å²) in [6.07, 6.45) is 0.703. The van der Waals surface area contributed by atoms with Crippen LogP contribution in [0.2, 0.25) is 0 Å². The fraction of sp³-hybridized carbons (Fsp3) is 0.545. The first-order valence-electron chi connectivity index (χ1n) is 5.20. The van der Waals surface area contributed by atoms with Gasteiger partial charge in [0.25, 0.3) is 0 Å². The van der Waals surface area contributed by atoms with Gasteiger partial charge in [-0.25, -0.2) is 9.78 Å². The molecule has 0 aliphatic heterocycles. The van der Waals surface area contributed by atoms with Gasteiger partial charge in [-0.2, -0.15) is 0 Å². The number of carbonyl (C=O) groups is 2. The minimum atomic E-state index is -0.555. The molecular weight excluding hydrogens is 224 g/mol. The summed E-state index contributed by atoms with van der Waals surface area (Å²) in [5.41, 5.74) is -0.309. The summed E-state index contributed by atoms with van der Waals surface area (Å²) in [4.78, 5) is 26.1. The molecule has 1 rings (SSSR count). The number of amides is 1. The first-order valence-corrected chi connectivity index (χ1v) is 5.20. The third-order valence-corrected chi connectivity index (χ3v) is 1.70. The van der Waals surface area contributed by atoms with Crippen LogP contribution in [0.25, 0.3) is 0 Å². The molecule has 0 aromatic carbocycles. The van der Waals surface area contributed by atoms with Crippen molar-refractivity contribution in [1.29, 1.82) is 0 Å². The van der Waals surface area contributed by atoms with Crippen molar-refractivity contribution in [2.75, 3.05) is 0 Å². The second kappa shape index (κ2) is 4.99. The largest absolute Gasteiger partial charge is 0.446 e. The van der Waals surface area contributed by atoms with Gasteiger partial charge in [-0.05, 0) is 20.8 Å². The fourth-order valence-electron chi connectivity index (χ4n) is 1.02. The van der Waals surface area contributed by atoms with Gasteiger partial charge in [0.2, 0.25) is 5.89 Å². The van der Waals surface area contributed by atoms with Crippen molar-refractivity contribution in [3.8, 4) is 0 Å². The number of alkyl carbamates (subject to hydrolysis) is 1. The minimum absolute atomic E-state index is 0.0855. The normalized spacial score (nSPS) is 11.1. The number of ether oxygens (including phenoxy) is 1. The molecule has 17 heavy (non-hydrogen) atoms. The highest BCUT2D eigenvalue weighted by Gasteiger charge is 2.16. The van der Waals surface area contributed by atoms with Crippen molar-refractivity contribution < 1.29 is 18.7 Å². The van der Waals surface area contributed by atoms with Crippen molar-refractivity contribution in [3.63, 3.8) is 0 Å². The maximum absolute atomic E-state index is 11.3. The van der Waals surface area contributed by atoms with Crippen LogP contribution < -0.4 is 5.32 Å². The number of nitrogens with one attached hydrogen (secondary N) is 1. The maximum atomic E-state index is 11.3. The molecule has 1 N–H and O–H groups in total. The summed E-state index contributed by atoms with van der Waals surface area (Å²) in [7, 11) is 0. The van der Waals surface area contributed by atoms with Crippen LogP contribution in [-0.2, 0) is 11.3 Å². The van der Waals surface area contributed by atoms with E-state index in [-0.39, 0.29) is 23.9 Å². The van der Waals surface area contributed by atoms with Crippen molar-refractivity contribution in [2.24, 2.45) is 0 Å². The summed E-state index contributed by atoms with van der Waals surface area (Å²) >= 11 is 0. The molecule has 0 bridgehead atoms. The molecular formula is C11H16N2O4. The zero-order valence-electron chi connectivity index (χ0n) is 10.4. The maximum Gasteiger partial charge on any atom is 0.408 e. The van der Waals surface area contributed by atoms with Crippen molar-refractivity contribution >= 4 is 11.9 Å². The first-order chi connectivity index (χ1) is 7.78. The van der Waals surface area contributed by atoms with Gasteiger partial charge in [0.05, 0.1) is 6.54 Å². The van der Waals surface area contributed by atoms with Crippen LogP contribution in [0, 0.1) is 0 Å². The van der Waals surface area contributed by atoms with Gasteiger partial charge in [-0.3, -0.25) is 4.79 Å². The van der Waals surface area contributed by atoms with Crippen LogP contribution in [0.5, 0.6) is 0 Å². The van der Waals surface area contributed by atoms with E-state index in [1.165, 1.54) is 13.2 Å². The van der Waals surface area contributed by atoms with Gasteiger partial charge in [-0.1, -0.05) is 0 Å². The molecule has 0 saturated carbocycles. The van der Waals surface area contributed by atoms with Crippen LogP contribution >= 0.6 is 0 Å². The van der Waals surface area contributed by atoms with E-state index < -0.39 is 11.7 Å². The molecule has 94 valence electrons. The number of oxazole rings is 1. The number of ketones is 1. The zero-order chi connectivity index (χ0) is 13.1.